The third-order valence-electron chi connectivity index (χ3n) is 6.36. The zero-order valence-corrected chi connectivity index (χ0v) is 19.4. The van der Waals surface area contributed by atoms with Crippen LogP contribution < -0.4 is 20.1 Å². The van der Waals surface area contributed by atoms with Crippen molar-refractivity contribution in [2.45, 2.75) is 31.1 Å². The van der Waals surface area contributed by atoms with Crippen LogP contribution in [0.25, 0.3) is 0 Å². The van der Waals surface area contributed by atoms with Gasteiger partial charge in [-0.3, -0.25) is 14.4 Å². The fourth-order valence-electron chi connectivity index (χ4n) is 4.48. The third kappa shape index (κ3) is 4.55. The van der Waals surface area contributed by atoms with Crippen LogP contribution in [0.2, 0.25) is 0 Å². The fraction of sp³-hybridized carbons (Fsp3) is 0.308. The number of nitrogens with one attached hydrogen (secondary N) is 2. The molecule has 0 aromatic heterocycles. The number of aryl methyl sites for hydroxylation is 1. The molecule has 1 aliphatic carbocycles. The van der Waals surface area contributed by atoms with Gasteiger partial charge in [-0.05, 0) is 43.0 Å². The highest BCUT2D eigenvalue weighted by atomic mass is 16.5. The molecule has 4 rings (SSSR count). The lowest BCUT2D eigenvalue weighted by atomic mass is 9.83. The first-order chi connectivity index (χ1) is 16.8. The van der Waals surface area contributed by atoms with Crippen LogP contribution in [0.4, 0.5) is 5.69 Å². The molecule has 1 spiro atoms. The summed E-state index contributed by atoms with van der Waals surface area (Å²) in [6, 6.07) is 10.4. The van der Waals surface area contributed by atoms with Gasteiger partial charge in [0, 0.05) is 36.4 Å². The molecular formula is C26H25N3O6. The van der Waals surface area contributed by atoms with Gasteiger partial charge in [0.2, 0.25) is 0 Å². The average Bonchev–Trinajstić information content (AvgIpc) is 3.58. The minimum atomic E-state index is -0.889. The van der Waals surface area contributed by atoms with Crippen molar-refractivity contribution >= 4 is 23.5 Å². The highest BCUT2D eigenvalue weighted by molar-refractivity contribution is 6.11. The number of anilines is 1. The van der Waals surface area contributed by atoms with E-state index in [4.69, 9.17) is 14.6 Å². The summed E-state index contributed by atoms with van der Waals surface area (Å²) in [6.07, 6.45) is 3.28. The van der Waals surface area contributed by atoms with Crippen molar-refractivity contribution in [1.82, 2.24) is 5.32 Å². The van der Waals surface area contributed by atoms with Crippen molar-refractivity contribution in [1.29, 1.82) is 5.26 Å². The standard InChI is InChI=1S/C26H25N3O6/c1-28-24(32)17-11-18-22(12-21(17)34-2)35-9-8-26(18)13-19(26)25(33)29-20-10-15(14-27)6-7-16(20)4-3-5-23(30)31/h6-7,10-13H,3-5,8-9H2,1-2H3,(H,28,32)(H,29,33)(H,30,31)/t26-/m0/s1. The van der Waals surface area contributed by atoms with E-state index in [9.17, 15) is 19.6 Å². The Morgan fingerprint density at radius 1 is 1.23 bits per heavy atom. The van der Waals surface area contributed by atoms with Crippen LogP contribution in [0.3, 0.4) is 0 Å². The summed E-state index contributed by atoms with van der Waals surface area (Å²) in [5.41, 5.74) is 2.60. The Hall–Kier alpha value is -4.32. The molecule has 0 unspecified atom stereocenters. The summed E-state index contributed by atoms with van der Waals surface area (Å²) >= 11 is 0. The van der Waals surface area contributed by atoms with Gasteiger partial charge >= 0.3 is 5.97 Å². The molecule has 2 aromatic rings. The number of benzene rings is 2. The Bertz CT molecular complexity index is 1290. The normalized spacial score (nSPS) is 17.3. The summed E-state index contributed by atoms with van der Waals surface area (Å²) < 4.78 is 11.2. The van der Waals surface area contributed by atoms with Crippen molar-refractivity contribution in [2.24, 2.45) is 0 Å². The molecule has 9 nitrogen and oxygen atoms in total. The Kier molecular flexibility index (Phi) is 6.47. The molecule has 0 bridgehead atoms. The average molecular weight is 476 g/mol. The van der Waals surface area contributed by atoms with Gasteiger partial charge in [0.15, 0.2) is 0 Å². The van der Waals surface area contributed by atoms with Crippen molar-refractivity contribution in [3.05, 3.63) is 64.2 Å². The van der Waals surface area contributed by atoms with E-state index in [-0.39, 0.29) is 18.2 Å². The number of nitriles is 1. The maximum atomic E-state index is 13.3. The van der Waals surface area contributed by atoms with Crippen molar-refractivity contribution in [3.63, 3.8) is 0 Å². The first-order valence-corrected chi connectivity index (χ1v) is 11.2. The van der Waals surface area contributed by atoms with Gasteiger partial charge in [-0.25, -0.2) is 0 Å². The quantitative estimate of drug-likeness (QED) is 0.534. The molecular weight excluding hydrogens is 450 g/mol. The number of carboxylic acids is 1. The van der Waals surface area contributed by atoms with Gasteiger partial charge in [0.25, 0.3) is 11.8 Å². The lowest BCUT2D eigenvalue weighted by molar-refractivity contribution is -0.137. The number of hydrogen-bond acceptors (Lipinski definition) is 6. The first kappa shape index (κ1) is 23.8. The largest absolute Gasteiger partial charge is 0.496 e. The molecule has 180 valence electrons. The number of carbonyl (C=O) groups is 3. The molecule has 2 amide bonds. The Labute approximate surface area is 202 Å². The lowest BCUT2D eigenvalue weighted by Gasteiger charge is -2.29. The van der Waals surface area contributed by atoms with Crippen LogP contribution in [0.5, 0.6) is 11.5 Å². The maximum absolute atomic E-state index is 13.3. The molecule has 9 heteroatoms. The highest BCUT2D eigenvalue weighted by Gasteiger charge is 2.52. The molecule has 1 atom stereocenters. The van der Waals surface area contributed by atoms with Crippen LogP contribution in [-0.2, 0) is 21.4 Å². The topological polar surface area (TPSA) is 138 Å². The van der Waals surface area contributed by atoms with E-state index >= 15 is 0 Å². The van der Waals surface area contributed by atoms with E-state index in [1.54, 1.807) is 30.3 Å². The number of methoxy groups -OCH3 is 1. The fourth-order valence-corrected chi connectivity index (χ4v) is 4.48. The van der Waals surface area contributed by atoms with Crippen molar-refractivity contribution < 1.29 is 29.0 Å². The molecule has 2 aliphatic rings. The zero-order chi connectivity index (χ0) is 25.2. The van der Waals surface area contributed by atoms with Gasteiger partial charge in [0.1, 0.15) is 11.5 Å². The third-order valence-corrected chi connectivity index (χ3v) is 6.36. The van der Waals surface area contributed by atoms with Crippen LogP contribution in [0, 0.1) is 11.3 Å². The summed E-state index contributed by atoms with van der Waals surface area (Å²) in [7, 11) is 3.01. The highest BCUT2D eigenvalue weighted by Crippen LogP contribution is 2.56. The molecule has 35 heavy (non-hydrogen) atoms. The Balaban J connectivity index is 1.60. The lowest BCUT2D eigenvalue weighted by Crippen LogP contribution is -2.28. The number of aliphatic carboxylic acids is 1. The van der Waals surface area contributed by atoms with E-state index in [2.05, 4.69) is 16.7 Å². The van der Waals surface area contributed by atoms with Gasteiger partial charge < -0.3 is 25.2 Å². The van der Waals surface area contributed by atoms with E-state index < -0.39 is 11.4 Å². The zero-order valence-electron chi connectivity index (χ0n) is 19.4. The number of carbonyl (C=O) groups excluding carboxylic acids is 2. The second kappa shape index (κ2) is 9.50. The minimum absolute atomic E-state index is 0.00949. The van der Waals surface area contributed by atoms with Gasteiger partial charge in [-0.15, -0.1) is 0 Å². The Morgan fingerprint density at radius 3 is 2.71 bits per heavy atom. The smallest absolute Gasteiger partial charge is 0.303 e. The summed E-state index contributed by atoms with van der Waals surface area (Å²) in [6.45, 7) is 0.396. The molecule has 0 saturated carbocycles. The Morgan fingerprint density at radius 2 is 2.03 bits per heavy atom. The van der Waals surface area contributed by atoms with Gasteiger partial charge in [0.05, 0.1) is 36.3 Å². The predicted octanol–water partition coefficient (Wildman–Crippen LogP) is 2.93. The maximum Gasteiger partial charge on any atom is 0.303 e. The summed E-state index contributed by atoms with van der Waals surface area (Å²) in [5.74, 6) is -0.576. The number of amides is 2. The van der Waals surface area contributed by atoms with Crippen molar-refractivity contribution in [2.75, 3.05) is 26.1 Å². The molecule has 2 aromatic carbocycles. The van der Waals surface area contributed by atoms with Crippen LogP contribution in [-0.4, -0.2) is 43.7 Å². The van der Waals surface area contributed by atoms with Crippen LogP contribution in [0.1, 0.15) is 46.3 Å². The monoisotopic (exact) mass is 475 g/mol. The summed E-state index contributed by atoms with van der Waals surface area (Å²) in [4.78, 5) is 36.6. The number of carboxylic acid groups (broad SMARTS) is 1. The van der Waals surface area contributed by atoms with Crippen LogP contribution >= 0.6 is 0 Å². The van der Waals surface area contributed by atoms with Gasteiger partial charge in [-0.1, -0.05) is 12.1 Å². The number of allylic oxidation sites excluding steroid dienone is 1. The molecule has 0 radical (unpaired) electrons. The SMILES string of the molecule is CNC(=O)c1cc2c(cc1OC)OCC[C@]21C=C1C(=O)Nc1cc(C#N)ccc1CCCC(=O)O. The molecule has 1 heterocycles. The molecule has 1 aliphatic heterocycles. The van der Waals surface area contributed by atoms with Crippen molar-refractivity contribution in [3.8, 4) is 17.6 Å². The number of ether oxygens (including phenoxy) is 2. The predicted molar refractivity (Wildman–Crippen MR) is 127 cm³/mol. The first-order valence-electron chi connectivity index (χ1n) is 11.2. The number of fused-ring (bicyclic) bond motifs is 2. The van der Waals surface area contributed by atoms with E-state index in [1.165, 1.54) is 14.2 Å². The number of nitrogens with zero attached hydrogens (tertiary/aromatic N) is 1. The number of rotatable bonds is 8. The molecule has 0 fully saturated rings. The van der Waals surface area contributed by atoms with E-state index in [0.29, 0.717) is 59.8 Å². The molecule has 3 N–H and O–H groups in total. The second-order valence-corrected chi connectivity index (χ2v) is 8.44. The van der Waals surface area contributed by atoms with Crippen LogP contribution in [0.15, 0.2) is 42.0 Å². The molecule has 0 saturated heterocycles. The van der Waals surface area contributed by atoms with E-state index in [0.717, 1.165) is 11.1 Å². The minimum Gasteiger partial charge on any atom is -0.496 e. The van der Waals surface area contributed by atoms with E-state index in [1.807, 2.05) is 6.08 Å². The number of hydrogen-bond donors (Lipinski definition) is 3. The second-order valence-electron chi connectivity index (χ2n) is 8.44. The summed E-state index contributed by atoms with van der Waals surface area (Å²) in [5, 5.41) is 23.7. The van der Waals surface area contributed by atoms with Gasteiger partial charge in [-0.2, -0.15) is 5.26 Å².